The second-order valence-electron chi connectivity index (χ2n) is 5.68. The highest BCUT2D eigenvalue weighted by Crippen LogP contribution is 2.38. The molecule has 3 nitrogen and oxygen atoms in total. The summed E-state index contributed by atoms with van der Waals surface area (Å²) in [6.07, 6.45) is -2.43. The zero-order valence-electron chi connectivity index (χ0n) is 12.8. The summed E-state index contributed by atoms with van der Waals surface area (Å²) in [6.45, 7) is 0.799. The van der Waals surface area contributed by atoms with E-state index < -0.39 is 24.4 Å². The van der Waals surface area contributed by atoms with Gasteiger partial charge in [-0.1, -0.05) is 30.3 Å². The van der Waals surface area contributed by atoms with E-state index in [4.69, 9.17) is 5.73 Å². The van der Waals surface area contributed by atoms with Crippen molar-refractivity contribution < 1.29 is 18.0 Å². The van der Waals surface area contributed by atoms with Gasteiger partial charge in [0.1, 0.15) is 0 Å². The second kappa shape index (κ2) is 8.55. The lowest BCUT2D eigenvalue weighted by Gasteiger charge is -2.36. The minimum absolute atomic E-state index is 0. The SMILES string of the molecule is Cl.NCC1CCCCN1C(=O)CC(c1ccccc1)C(F)(F)F. The maximum absolute atomic E-state index is 13.3. The lowest BCUT2D eigenvalue weighted by Crippen LogP contribution is -2.48. The van der Waals surface area contributed by atoms with Crippen molar-refractivity contribution in [2.75, 3.05) is 13.1 Å². The summed E-state index contributed by atoms with van der Waals surface area (Å²) >= 11 is 0. The van der Waals surface area contributed by atoms with Crippen molar-refractivity contribution in [2.45, 2.75) is 43.8 Å². The van der Waals surface area contributed by atoms with Gasteiger partial charge < -0.3 is 10.6 Å². The fourth-order valence-corrected chi connectivity index (χ4v) is 2.97. The van der Waals surface area contributed by atoms with Crippen LogP contribution >= 0.6 is 12.4 Å². The fourth-order valence-electron chi connectivity index (χ4n) is 2.97. The molecule has 1 aliphatic heterocycles. The van der Waals surface area contributed by atoms with Crippen molar-refractivity contribution in [3.05, 3.63) is 35.9 Å². The normalized spacial score (nSPS) is 19.8. The molecule has 23 heavy (non-hydrogen) atoms. The minimum Gasteiger partial charge on any atom is -0.338 e. The number of hydrogen-bond donors (Lipinski definition) is 1. The van der Waals surface area contributed by atoms with Crippen LogP contribution in [0.3, 0.4) is 0 Å². The molecule has 1 saturated heterocycles. The molecule has 2 atom stereocenters. The fraction of sp³-hybridized carbons (Fsp3) is 0.562. The average Bonchev–Trinajstić information content (AvgIpc) is 2.52. The summed E-state index contributed by atoms with van der Waals surface area (Å²) in [7, 11) is 0. The van der Waals surface area contributed by atoms with Gasteiger partial charge in [0.05, 0.1) is 5.92 Å². The highest BCUT2D eigenvalue weighted by molar-refractivity contribution is 5.85. The molecule has 0 saturated carbocycles. The summed E-state index contributed by atoms with van der Waals surface area (Å²) in [5.74, 6) is -2.22. The molecule has 0 spiro atoms. The summed E-state index contributed by atoms with van der Waals surface area (Å²) in [5, 5.41) is 0. The number of hydrogen-bond acceptors (Lipinski definition) is 2. The standard InChI is InChI=1S/C16H21F3N2O.ClH/c17-16(18,19)14(12-6-2-1-3-7-12)10-15(22)21-9-5-4-8-13(21)11-20;/h1-3,6-7,13-14H,4-5,8-11,20H2;1H. The van der Waals surface area contributed by atoms with Crippen LogP contribution in [-0.2, 0) is 4.79 Å². The van der Waals surface area contributed by atoms with Gasteiger partial charge in [0, 0.05) is 25.6 Å². The van der Waals surface area contributed by atoms with Crippen molar-refractivity contribution in [2.24, 2.45) is 5.73 Å². The quantitative estimate of drug-likeness (QED) is 0.903. The molecule has 7 heteroatoms. The van der Waals surface area contributed by atoms with E-state index in [1.165, 1.54) is 17.0 Å². The Morgan fingerprint density at radius 2 is 1.91 bits per heavy atom. The smallest absolute Gasteiger partial charge is 0.338 e. The third kappa shape index (κ3) is 5.11. The number of amides is 1. The van der Waals surface area contributed by atoms with Crippen LogP contribution in [0.15, 0.2) is 30.3 Å². The van der Waals surface area contributed by atoms with E-state index in [1.807, 2.05) is 0 Å². The predicted octanol–water partition coefficient (Wildman–Crippen LogP) is 3.48. The van der Waals surface area contributed by atoms with Crippen LogP contribution in [0.25, 0.3) is 0 Å². The maximum atomic E-state index is 13.3. The third-order valence-corrected chi connectivity index (χ3v) is 4.20. The molecule has 1 amide bonds. The molecule has 2 unspecified atom stereocenters. The number of likely N-dealkylation sites (tertiary alicyclic amines) is 1. The van der Waals surface area contributed by atoms with Crippen molar-refractivity contribution in [1.29, 1.82) is 0 Å². The Morgan fingerprint density at radius 3 is 2.48 bits per heavy atom. The van der Waals surface area contributed by atoms with Gasteiger partial charge >= 0.3 is 6.18 Å². The van der Waals surface area contributed by atoms with E-state index in [1.54, 1.807) is 18.2 Å². The molecule has 2 rings (SSSR count). The molecule has 1 fully saturated rings. The molecule has 1 aromatic carbocycles. The topological polar surface area (TPSA) is 46.3 Å². The summed E-state index contributed by atoms with van der Waals surface area (Å²) in [5.41, 5.74) is 5.77. The molecule has 2 N–H and O–H groups in total. The Morgan fingerprint density at radius 1 is 1.26 bits per heavy atom. The molecule has 130 valence electrons. The zero-order chi connectivity index (χ0) is 16.2. The first-order chi connectivity index (χ1) is 10.4. The van der Waals surface area contributed by atoms with Gasteiger partial charge in [-0.15, -0.1) is 12.4 Å². The van der Waals surface area contributed by atoms with Crippen molar-refractivity contribution in [1.82, 2.24) is 4.90 Å². The predicted molar refractivity (Wildman–Crippen MR) is 85.5 cm³/mol. The Labute approximate surface area is 140 Å². The average molecular weight is 351 g/mol. The summed E-state index contributed by atoms with van der Waals surface area (Å²) in [4.78, 5) is 13.9. The molecule has 0 bridgehead atoms. The number of carbonyl (C=O) groups is 1. The maximum Gasteiger partial charge on any atom is 0.396 e. The first-order valence-electron chi connectivity index (χ1n) is 7.54. The van der Waals surface area contributed by atoms with Gasteiger partial charge in [0.25, 0.3) is 0 Å². The van der Waals surface area contributed by atoms with Crippen molar-refractivity contribution in [3.63, 3.8) is 0 Å². The van der Waals surface area contributed by atoms with E-state index in [0.717, 1.165) is 19.3 Å². The van der Waals surface area contributed by atoms with Gasteiger partial charge in [-0.3, -0.25) is 4.79 Å². The number of rotatable bonds is 4. The highest BCUT2D eigenvalue weighted by atomic mass is 35.5. The van der Waals surface area contributed by atoms with Crippen LogP contribution in [0.1, 0.15) is 37.2 Å². The first-order valence-corrected chi connectivity index (χ1v) is 7.54. The lowest BCUT2D eigenvalue weighted by molar-refractivity contribution is -0.162. The number of nitrogens with two attached hydrogens (primary N) is 1. The number of alkyl halides is 3. The van der Waals surface area contributed by atoms with Crippen molar-refractivity contribution >= 4 is 18.3 Å². The van der Waals surface area contributed by atoms with Crippen molar-refractivity contribution in [3.8, 4) is 0 Å². The molecule has 0 aromatic heterocycles. The Hall–Kier alpha value is -1.27. The van der Waals surface area contributed by atoms with E-state index >= 15 is 0 Å². The van der Waals surface area contributed by atoms with Gasteiger partial charge in [-0.05, 0) is 24.8 Å². The molecule has 1 heterocycles. The first kappa shape index (κ1) is 19.8. The molecule has 1 aliphatic rings. The van der Waals surface area contributed by atoms with Crippen LogP contribution in [-0.4, -0.2) is 36.1 Å². The van der Waals surface area contributed by atoms with E-state index in [-0.39, 0.29) is 24.0 Å². The van der Waals surface area contributed by atoms with E-state index in [2.05, 4.69) is 0 Å². The Bertz CT molecular complexity index is 496. The number of piperidine rings is 1. The molecular weight excluding hydrogens is 329 g/mol. The van der Waals surface area contributed by atoms with Gasteiger partial charge in [-0.25, -0.2) is 0 Å². The van der Waals surface area contributed by atoms with Crippen LogP contribution in [0.4, 0.5) is 13.2 Å². The second-order valence-corrected chi connectivity index (χ2v) is 5.68. The lowest BCUT2D eigenvalue weighted by atomic mass is 9.93. The zero-order valence-corrected chi connectivity index (χ0v) is 13.6. The Balaban J connectivity index is 0.00000264. The number of benzene rings is 1. The van der Waals surface area contributed by atoms with Gasteiger partial charge in [-0.2, -0.15) is 13.2 Å². The summed E-state index contributed by atoms with van der Waals surface area (Å²) < 4.78 is 40.0. The largest absolute Gasteiger partial charge is 0.396 e. The molecule has 1 aromatic rings. The minimum atomic E-state index is -4.44. The third-order valence-electron chi connectivity index (χ3n) is 4.20. The Kier molecular flexibility index (Phi) is 7.35. The van der Waals surface area contributed by atoms with Crippen LogP contribution < -0.4 is 5.73 Å². The van der Waals surface area contributed by atoms with Crippen LogP contribution in [0.5, 0.6) is 0 Å². The number of halogens is 4. The van der Waals surface area contributed by atoms with Crippen LogP contribution in [0, 0.1) is 0 Å². The molecule has 0 aliphatic carbocycles. The molecule has 0 radical (unpaired) electrons. The van der Waals surface area contributed by atoms with E-state index in [9.17, 15) is 18.0 Å². The number of carbonyl (C=O) groups excluding carboxylic acids is 1. The number of nitrogens with zero attached hydrogens (tertiary/aromatic N) is 1. The van der Waals surface area contributed by atoms with Gasteiger partial charge in [0.2, 0.25) is 5.91 Å². The summed E-state index contributed by atoms with van der Waals surface area (Å²) in [6, 6.07) is 7.48. The van der Waals surface area contributed by atoms with Gasteiger partial charge in [0.15, 0.2) is 0 Å². The van der Waals surface area contributed by atoms with Crippen LogP contribution in [0.2, 0.25) is 0 Å². The molecular formula is C16H22ClF3N2O. The highest BCUT2D eigenvalue weighted by Gasteiger charge is 2.43. The van der Waals surface area contributed by atoms with E-state index in [0.29, 0.717) is 13.1 Å². The monoisotopic (exact) mass is 350 g/mol.